The van der Waals surface area contributed by atoms with Crippen molar-refractivity contribution in [2.45, 2.75) is 44.8 Å². The van der Waals surface area contributed by atoms with Crippen LogP contribution in [0.5, 0.6) is 5.75 Å². The minimum Gasteiger partial charge on any atom is -0.493 e. The molecule has 0 spiro atoms. The van der Waals surface area contributed by atoms with E-state index >= 15 is 0 Å². The van der Waals surface area contributed by atoms with Crippen molar-refractivity contribution in [3.63, 3.8) is 0 Å². The van der Waals surface area contributed by atoms with Gasteiger partial charge in [0.1, 0.15) is 17.5 Å². The van der Waals surface area contributed by atoms with Crippen molar-refractivity contribution in [1.29, 1.82) is 0 Å². The number of carbonyl (C=O) groups is 2. The van der Waals surface area contributed by atoms with Crippen molar-refractivity contribution in [2.24, 2.45) is 0 Å². The van der Waals surface area contributed by atoms with Crippen molar-refractivity contribution >= 4 is 11.9 Å². The fourth-order valence-corrected chi connectivity index (χ4v) is 4.47. The summed E-state index contributed by atoms with van der Waals surface area (Å²) in [5, 5.41) is 12.7. The molecule has 0 fully saturated rings. The van der Waals surface area contributed by atoms with Crippen molar-refractivity contribution in [2.75, 3.05) is 6.61 Å². The third-order valence-electron chi connectivity index (χ3n) is 6.30. The van der Waals surface area contributed by atoms with Gasteiger partial charge in [0.15, 0.2) is 0 Å². The lowest BCUT2D eigenvalue weighted by Gasteiger charge is -2.26. The summed E-state index contributed by atoms with van der Waals surface area (Å²) in [6, 6.07) is 20.1. The van der Waals surface area contributed by atoms with Gasteiger partial charge in [-0.15, -0.1) is 0 Å². The van der Waals surface area contributed by atoms with Gasteiger partial charge >= 0.3 is 5.97 Å². The Morgan fingerprint density at radius 3 is 2.38 bits per heavy atom. The topological polar surface area (TPSA) is 75.6 Å². The largest absolute Gasteiger partial charge is 0.493 e. The fourth-order valence-electron chi connectivity index (χ4n) is 4.47. The van der Waals surface area contributed by atoms with E-state index in [9.17, 15) is 19.1 Å². The van der Waals surface area contributed by atoms with Gasteiger partial charge in [-0.3, -0.25) is 4.79 Å². The maximum absolute atomic E-state index is 14.2. The van der Waals surface area contributed by atoms with Crippen LogP contribution in [0.1, 0.15) is 51.3 Å². The number of hydrogen-bond donors (Lipinski definition) is 2. The number of carboxylic acid groups (broad SMARTS) is 1. The van der Waals surface area contributed by atoms with E-state index in [1.807, 2.05) is 49.4 Å². The van der Waals surface area contributed by atoms with Crippen LogP contribution in [0.3, 0.4) is 0 Å². The van der Waals surface area contributed by atoms with Crippen molar-refractivity contribution in [3.8, 4) is 5.75 Å². The van der Waals surface area contributed by atoms with Crippen LogP contribution in [-0.2, 0) is 24.1 Å². The summed E-state index contributed by atoms with van der Waals surface area (Å²) in [7, 11) is 0. The minimum atomic E-state index is -1.42. The predicted molar refractivity (Wildman–Crippen MR) is 128 cm³/mol. The molecule has 0 saturated carbocycles. The van der Waals surface area contributed by atoms with Crippen LogP contribution < -0.4 is 10.1 Å². The van der Waals surface area contributed by atoms with E-state index in [-0.39, 0.29) is 24.2 Å². The Balaban J connectivity index is 1.52. The maximum Gasteiger partial charge on any atom is 0.330 e. The standard InChI is InChI=1S/C28H28FNO4/c1-18-6-5-7-20(14-18)12-13-34-25-15-21(10-11-24(25)19(2)29)26(31)30-28(27(32)33)16-22-8-3-4-9-23(22)17-28/h3-11,14-15,19H,12-13,16-17H2,1-2H3,(H,30,31)(H,32,33). The summed E-state index contributed by atoms with van der Waals surface area (Å²) in [6.07, 6.45) is -0.216. The zero-order chi connectivity index (χ0) is 24.3. The molecule has 176 valence electrons. The highest BCUT2D eigenvalue weighted by molar-refractivity contribution is 5.98. The fraction of sp³-hybridized carbons (Fsp3) is 0.286. The van der Waals surface area contributed by atoms with Gasteiger partial charge in [0.05, 0.1) is 6.61 Å². The van der Waals surface area contributed by atoms with E-state index in [4.69, 9.17) is 4.74 Å². The van der Waals surface area contributed by atoms with Crippen molar-refractivity contribution < 1.29 is 23.8 Å². The number of aliphatic carboxylic acids is 1. The lowest BCUT2D eigenvalue weighted by molar-refractivity contribution is -0.144. The molecule has 3 aromatic carbocycles. The highest BCUT2D eigenvalue weighted by atomic mass is 19.1. The summed E-state index contributed by atoms with van der Waals surface area (Å²) in [6.45, 7) is 3.75. The Bertz CT molecular complexity index is 1200. The first-order chi connectivity index (χ1) is 16.3. The average molecular weight is 462 g/mol. The monoisotopic (exact) mass is 461 g/mol. The summed E-state index contributed by atoms with van der Waals surface area (Å²) in [5.74, 6) is -1.33. The van der Waals surface area contributed by atoms with Gasteiger partial charge < -0.3 is 15.2 Å². The van der Waals surface area contributed by atoms with E-state index in [2.05, 4.69) is 11.4 Å². The molecule has 1 unspecified atom stereocenters. The first-order valence-corrected chi connectivity index (χ1v) is 11.4. The van der Waals surface area contributed by atoms with Crippen LogP contribution in [0.15, 0.2) is 66.7 Å². The predicted octanol–water partition coefficient (Wildman–Crippen LogP) is 5.00. The molecule has 1 atom stereocenters. The smallest absolute Gasteiger partial charge is 0.330 e. The molecular weight excluding hydrogens is 433 g/mol. The number of halogens is 1. The number of amides is 1. The van der Waals surface area contributed by atoms with Gasteiger partial charge in [-0.2, -0.15) is 0 Å². The molecule has 1 aliphatic carbocycles. The lowest BCUT2D eigenvalue weighted by atomic mass is 9.95. The Hall–Kier alpha value is -3.67. The third-order valence-corrected chi connectivity index (χ3v) is 6.30. The zero-order valence-corrected chi connectivity index (χ0v) is 19.3. The summed E-state index contributed by atoms with van der Waals surface area (Å²) >= 11 is 0. The Labute approximate surface area is 198 Å². The van der Waals surface area contributed by atoms with Crippen LogP contribution in [0.25, 0.3) is 0 Å². The number of fused-ring (bicyclic) bond motifs is 1. The molecule has 0 bridgehead atoms. The van der Waals surface area contributed by atoms with E-state index in [0.717, 1.165) is 22.3 Å². The molecule has 0 radical (unpaired) electrons. The molecule has 1 aliphatic rings. The van der Waals surface area contributed by atoms with E-state index in [0.29, 0.717) is 18.6 Å². The van der Waals surface area contributed by atoms with Crippen LogP contribution in [-0.4, -0.2) is 29.1 Å². The number of benzene rings is 3. The van der Waals surface area contributed by atoms with Gasteiger partial charge in [-0.1, -0.05) is 60.2 Å². The molecule has 0 heterocycles. The maximum atomic E-state index is 14.2. The second-order valence-electron chi connectivity index (χ2n) is 8.92. The van der Waals surface area contributed by atoms with Gasteiger partial charge in [0.2, 0.25) is 0 Å². The number of hydrogen-bond acceptors (Lipinski definition) is 3. The Morgan fingerprint density at radius 1 is 1.06 bits per heavy atom. The van der Waals surface area contributed by atoms with Crippen LogP contribution in [0.4, 0.5) is 4.39 Å². The summed E-state index contributed by atoms with van der Waals surface area (Å²) in [5.41, 5.74) is 3.23. The Morgan fingerprint density at radius 2 is 1.76 bits per heavy atom. The lowest BCUT2D eigenvalue weighted by Crippen LogP contribution is -2.55. The van der Waals surface area contributed by atoms with Crippen LogP contribution in [0, 0.1) is 6.92 Å². The molecular formula is C28H28FNO4. The molecule has 34 heavy (non-hydrogen) atoms. The average Bonchev–Trinajstić information content (AvgIpc) is 3.18. The number of nitrogens with one attached hydrogen (secondary N) is 1. The number of carboxylic acids is 1. The number of alkyl halides is 1. The van der Waals surface area contributed by atoms with Gasteiger partial charge in [0, 0.05) is 30.4 Å². The molecule has 5 nitrogen and oxygen atoms in total. The second kappa shape index (κ2) is 9.67. The van der Waals surface area contributed by atoms with Crippen molar-refractivity contribution in [3.05, 3.63) is 100 Å². The molecule has 0 aliphatic heterocycles. The highest BCUT2D eigenvalue weighted by Gasteiger charge is 2.45. The first-order valence-electron chi connectivity index (χ1n) is 11.4. The molecule has 0 aromatic heterocycles. The molecule has 4 rings (SSSR count). The summed E-state index contributed by atoms with van der Waals surface area (Å²) in [4.78, 5) is 25.3. The van der Waals surface area contributed by atoms with Crippen LogP contribution >= 0.6 is 0 Å². The third kappa shape index (κ3) is 4.96. The molecule has 1 amide bonds. The highest BCUT2D eigenvalue weighted by Crippen LogP contribution is 2.32. The molecule has 6 heteroatoms. The molecule has 2 N–H and O–H groups in total. The number of rotatable bonds is 8. The van der Waals surface area contributed by atoms with E-state index in [1.165, 1.54) is 25.1 Å². The molecule has 0 saturated heterocycles. The quantitative estimate of drug-likeness (QED) is 0.495. The molecule has 3 aromatic rings. The van der Waals surface area contributed by atoms with Crippen molar-refractivity contribution in [1.82, 2.24) is 5.32 Å². The normalized spacial score (nSPS) is 14.8. The van der Waals surface area contributed by atoms with Gasteiger partial charge in [-0.05, 0) is 42.7 Å². The van der Waals surface area contributed by atoms with Gasteiger partial charge in [-0.25, -0.2) is 9.18 Å². The van der Waals surface area contributed by atoms with E-state index < -0.39 is 23.6 Å². The number of ether oxygens (including phenoxy) is 1. The summed E-state index contributed by atoms with van der Waals surface area (Å²) < 4.78 is 20.1. The SMILES string of the molecule is Cc1cccc(CCOc2cc(C(=O)NC3(C(=O)O)Cc4ccccc4C3)ccc2C(C)F)c1. The Kier molecular flexibility index (Phi) is 6.68. The van der Waals surface area contributed by atoms with E-state index in [1.54, 1.807) is 0 Å². The first kappa shape index (κ1) is 23.5. The minimum absolute atomic E-state index is 0.212. The number of aryl methyl sites for hydroxylation is 1. The van der Waals surface area contributed by atoms with Crippen LogP contribution in [0.2, 0.25) is 0 Å². The number of carbonyl (C=O) groups excluding carboxylic acids is 1. The second-order valence-corrected chi connectivity index (χ2v) is 8.92. The zero-order valence-electron chi connectivity index (χ0n) is 19.3. The van der Waals surface area contributed by atoms with Gasteiger partial charge in [0.25, 0.3) is 5.91 Å².